The van der Waals surface area contributed by atoms with E-state index in [9.17, 15) is 18.1 Å². The van der Waals surface area contributed by atoms with Gasteiger partial charge >= 0.3 is 103 Å². The molecular weight excluding hydrogens is 398 g/mol. The molecule has 0 saturated carbocycles. The van der Waals surface area contributed by atoms with Gasteiger partial charge in [-0.2, -0.15) is 15.6 Å². The average Bonchev–Trinajstić information content (AvgIpc) is 2.79. The Balaban J connectivity index is 0.00000288. The van der Waals surface area contributed by atoms with Crippen LogP contribution in [0.25, 0.3) is 11.8 Å². The van der Waals surface area contributed by atoms with Crippen LogP contribution in [-0.4, -0.2) is 22.8 Å². The van der Waals surface area contributed by atoms with Gasteiger partial charge in [0.05, 0.1) is 16.3 Å². The van der Waals surface area contributed by atoms with Gasteiger partial charge in [0.1, 0.15) is 27.8 Å². The Hall–Kier alpha value is 0.133. The summed E-state index contributed by atoms with van der Waals surface area (Å²) in [7, 11) is -4.58. The van der Waals surface area contributed by atoms with E-state index in [0.29, 0.717) is 5.69 Å². The SMILES string of the molecule is Cc1nn(-c2ccc(S(=O)(=O)[O-])cc2)c([O-])c1C=C(C#N)C#N.[K+].[K+]. The van der Waals surface area contributed by atoms with Gasteiger partial charge < -0.3 is 9.66 Å². The zero-order chi connectivity index (χ0) is 17.2. The Labute approximate surface area is 229 Å². The minimum atomic E-state index is -4.58. The minimum Gasteiger partial charge on any atom is -0.858 e. The van der Waals surface area contributed by atoms with E-state index >= 15 is 0 Å². The van der Waals surface area contributed by atoms with E-state index in [4.69, 9.17) is 10.5 Å². The molecule has 25 heavy (non-hydrogen) atoms. The molecule has 0 aliphatic rings. The number of hydrogen-bond acceptors (Lipinski definition) is 7. The Morgan fingerprint density at radius 2 is 1.72 bits per heavy atom. The van der Waals surface area contributed by atoms with Crippen LogP contribution in [0.5, 0.6) is 5.88 Å². The number of hydrogen-bond donors (Lipinski definition) is 0. The van der Waals surface area contributed by atoms with E-state index in [0.717, 1.165) is 22.9 Å². The molecule has 11 heteroatoms. The van der Waals surface area contributed by atoms with Gasteiger partial charge in [-0.15, -0.1) is 0 Å². The predicted molar refractivity (Wildman–Crippen MR) is 74.9 cm³/mol. The van der Waals surface area contributed by atoms with Crippen molar-refractivity contribution in [1.29, 1.82) is 10.5 Å². The molecule has 0 spiro atoms. The van der Waals surface area contributed by atoms with Gasteiger partial charge in [0.25, 0.3) is 0 Å². The molecule has 2 rings (SSSR count). The molecule has 1 aromatic carbocycles. The largest absolute Gasteiger partial charge is 1.00 e. The van der Waals surface area contributed by atoms with Crippen LogP contribution in [0.3, 0.4) is 0 Å². The topological polar surface area (TPSA) is 146 Å². The van der Waals surface area contributed by atoms with Crippen LogP contribution in [0.4, 0.5) is 0 Å². The van der Waals surface area contributed by atoms with E-state index in [1.54, 1.807) is 12.1 Å². The molecule has 0 atom stereocenters. The van der Waals surface area contributed by atoms with Gasteiger partial charge in [0.2, 0.25) is 0 Å². The van der Waals surface area contributed by atoms with Gasteiger partial charge in [-0.3, -0.25) is 0 Å². The van der Waals surface area contributed by atoms with Crippen molar-refractivity contribution in [1.82, 2.24) is 9.78 Å². The summed E-state index contributed by atoms with van der Waals surface area (Å²) in [6.45, 7) is 1.53. The van der Waals surface area contributed by atoms with Crippen molar-refractivity contribution < 1.29 is 121 Å². The molecular formula is C14H8K2N4O4S. The molecule has 116 valence electrons. The van der Waals surface area contributed by atoms with E-state index in [1.807, 2.05) is 0 Å². The molecule has 0 radical (unpaired) electrons. The molecule has 0 bridgehead atoms. The molecule has 0 N–H and O–H groups in total. The summed E-state index contributed by atoms with van der Waals surface area (Å²) in [5.74, 6) is -0.566. The Morgan fingerprint density at radius 1 is 1.20 bits per heavy atom. The first-order valence-corrected chi connectivity index (χ1v) is 7.53. The fourth-order valence-electron chi connectivity index (χ4n) is 1.85. The molecule has 0 aliphatic heterocycles. The van der Waals surface area contributed by atoms with Gasteiger partial charge in [-0.25, -0.2) is 13.1 Å². The zero-order valence-corrected chi connectivity index (χ0v) is 20.8. The smallest absolute Gasteiger partial charge is 0.858 e. The fraction of sp³-hybridized carbons (Fsp3) is 0.0714. The number of nitriles is 2. The summed E-state index contributed by atoms with van der Waals surface area (Å²) in [6, 6.07) is 7.97. The van der Waals surface area contributed by atoms with Crippen molar-refractivity contribution in [2.45, 2.75) is 11.8 Å². The normalized spacial score (nSPS) is 9.76. The molecule has 0 saturated heterocycles. The number of aryl methyl sites for hydroxylation is 1. The maximum absolute atomic E-state index is 12.3. The zero-order valence-electron chi connectivity index (χ0n) is 13.7. The first-order chi connectivity index (χ1) is 10.8. The van der Waals surface area contributed by atoms with Crippen molar-refractivity contribution >= 4 is 16.2 Å². The molecule has 0 unspecified atom stereocenters. The molecule has 1 heterocycles. The summed E-state index contributed by atoms with van der Waals surface area (Å²) in [6.07, 6.45) is 1.14. The summed E-state index contributed by atoms with van der Waals surface area (Å²) in [4.78, 5) is -0.422. The average molecular weight is 407 g/mol. The third-order valence-corrected chi connectivity index (χ3v) is 3.81. The first kappa shape index (κ1) is 25.1. The van der Waals surface area contributed by atoms with Crippen LogP contribution in [-0.2, 0) is 10.1 Å². The van der Waals surface area contributed by atoms with E-state index in [2.05, 4.69) is 5.10 Å². The molecule has 2 aromatic rings. The monoisotopic (exact) mass is 406 g/mol. The van der Waals surface area contributed by atoms with Crippen LogP contribution in [0.2, 0.25) is 0 Å². The van der Waals surface area contributed by atoms with Gasteiger partial charge in [-0.1, -0.05) is 0 Å². The number of allylic oxidation sites excluding steroid dienone is 1. The summed E-state index contributed by atoms with van der Waals surface area (Å²) < 4.78 is 33.6. The molecule has 0 amide bonds. The predicted octanol–water partition coefficient (Wildman–Crippen LogP) is -5.40. The summed E-state index contributed by atoms with van der Waals surface area (Å²) >= 11 is 0. The molecule has 8 nitrogen and oxygen atoms in total. The number of aromatic nitrogens is 2. The number of nitrogens with zero attached hydrogens (tertiary/aromatic N) is 4. The molecule has 0 aliphatic carbocycles. The second-order valence-electron chi connectivity index (χ2n) is 4.45. The van der Waals surface area contributed by atoms with Gasteiger partial charge in [-0.05, 0) is 43.1 Å². The number of rotatable bonds is 3. The molecule has 0 fully saturated rings. The maximum atomic E-state index is 12.3. The third-order valence-electron chi connectivity index (χ3n) is 2.96. The minimum absolute atomic E-state index is 0. The van der Waals surface area contributed by atoms with Gasteiger partial charge in [0, 0.05) is 5.56 Å². The third kappa shape index (κ3) is 6.07. The van der Waals surface area contributed by atoms with Crippen molar-refractivity contribution in [3.05, 3.63) is 41.1 Å². The van der Waals surface area contributed by atoms with Crippen LogP contribution in [0.15, 0.2) is 34.7 Å². The Kier molecular flexibility index (Phi) is 10.5. The second kappa shape index (κ2) is 10.5. The van der Waals surface area contributed by atoms with Crippen molar-refractivity contribution in [2.24, 2.45) is 0 Å². The fourth-order valence-corrected chi connectivity index (χ4v) is 2.32. The number of benzene rings is 1. The Morgan fingerprint density at radius 3 is 2.16 bits per heavy atom. The van der Waals surface area contributed by atoms with Crippen LogP contribution >= 0.6 is 0 Å². The van der Waals surface area contributed by atoms with Crippen LogP contribution in [0, 0.1) is 29.6 Å². The van der Waals surface area contributed by atoms with Crippen LogP contribution < -0.4 is 108 Å². The first-order valence-electron chi connectivity index (χ1n) is 6.12. The van der Waals surface area contributed by atoms with Crippen molar-refractivity contribution in [3.8, 4) is 23.7 Å². The summed E-state index contributed by atoms with van der Waals surface area (Å²) in [5, 5.41) is 33.8. The standard InChI is InChI=1S/C14H10N4O4S.2K/c1-9-13(6-10(7-15)8-16)14(19)18(17-9)11-2-4-12(5-3-11)23(20,21)22;;/h2-6,19H,1H3,(H,20,21,22);;/q;2*+1/p-2. The van der Waals surface area contributed by atoms with E-state index in [-0.39, 0.29) is 120 Å². The van der Waals surface area contributed by atoms with Gasteiger partial charge in [0.15, 0.2) is 0 Å². The van der Waals surface area contributed by atoms with Crippen LogP contribution in [0.1, 0.15) is 11.3 Å². The molecule has 1 aromatic heterocycles. The summed E-state index contributed by atoms with van der Waals surface area (Å²) in [5.41, 5.74) is 0.403. The van der Waals surface area contributed by atoms with E-state index < -0.39 is 20.9 Å². The van der Waals surface area contributed by atoms with Crippen molar-refractivity contribution in [3.63, 3.8) is 0 Å². The van der Waals surface area contributed by atoms with E-state index in [1.165, 1.54) is 19.1 Å². The Bertz CT molecular complexity index is 968. The maximum Gasteiger partial charge on any atom is 1.00 e. The van der Waals surface area contributed by atoms with Crippen molar-refractivity contribution in [2.75, 3.05) is 0 Å². The second-order valence-corrected chi connectivity index (χ2v) is 5.83. The quantitative estimate of drug-likeness (QED) is 0.281.